The lowest BCUT2D eigenvalue weighted by molar-refractivity contribution is -0.0644. The molecule has 1 fully saturated rings. The van der Waals surface area contributed by atoms with Gasteiger partial charge in [0.2, 0.25) is 0 Å². The highest BCUT2D eigenvalue weighted by Crippen LogP contribution is 2.42. The lowest BCUT2D eigenvalue weighted by Gasteiger charge is -2.36. The maximum absolute atomic E-state index is 11.0. The molecule has 4 heteroatoms. The van der Waals surface area contributed by atoms with Crippen molar-refractivity contribution in [1.82, 2.24) is 0 Å². The van der Waals surface area contributed by atoms with Crippen LogP contribution >= 0.6 is 0 Å². The van der Waals surface area contributed by atoms with Gasteiger partial charge in [0.05, 0.1) is 6.26 Å². The Morgan fingerprint density at radius 1 is 1.56 bits per heavy atom. The Bertz CT molecular complexity index is 395. The zero-order valence-electron chi connectivity index (χ0n) is 9.27. The van der Waals surface area contributed by atoms with Crippen molar-refractivity contribution in [1.29, 1.82) is 0 Å². The van der Waals surface area contributed by atoms with Crippen LogP contribution in [0.2, 0.25) is 0 Å². The molecule has 0 aromatic carbocycles. The highest BCUT2D eigenvalue weighted by Gasteiger charge is 2.42. The first kappa shape index (κ1) is 11.2. The molecule has 0 aliphatic heterocycles. The Hall–Kier alpha value is -1.29. The standard InChI is InChI=1S/C12H16O4/c1-8-4-2-3-6-12(8,15)10-9(11(13)14)5-7-16-10/h5,7-8,15H,2-4,6H2,1H3,(H,13,14). The van der Waals surface area contributed by atoms with E-state index < -0.39 is 11.6 Å². The summed E-state index contributed by atoms with van der Waals surface area (Å²) in [6.45, 7) is 1.94. The van der Waals surface area contributed by atoms with Crippen LogP contribution in [0.4, 0.5) is 0 Å². The van der Waals surface area contributed by atoms with Crippen LogP contribution < -0.4 is 0 Å². The van der Waals surface area contributed by atoms with E-state index in [1.165, 1.54) is 12.3 Å². The minimum absolute atomic E-state index is 0.0329. The average molecular weight is 224 g/mol. The number of carbonyl (C=O) groups is 1. The van der Waals surface area contributed by atoms with E-state index >= 15 is 0 Å². The fraction of sp³-hybridized carbons (Fsp3) is 0.583. The molecule has 1 saturated carbocycles. The SMILES string of the molecule is CC1CCCCC1(O)c1occc1C(=O)O. The zero-order chi connectivity index (χ0) is 11.8. The second-order valence-corrected chi connectivity index (χ2v) is 4.54. The summed E-state index contributed by atoms with van der Waals surface area (Å²) in [5, 5.41) is 19.6. The lowest BCUT2D eigenvalue weighted by Crippen LogP contribution is -2.37. The molecule has 2 N–H and O–H groups in total. The van der Waals surface area contributed by atoms with Gasteiger partial charge in [-0.3, -0.25) is 0 Å². The summed E-state index contributed by atoms with van der Waals surface area (Å²) in [4.78, 5) is 11.0. The predicted molar refractivity (Wildman–Crippen MR) is 57.2 cm³/mol. The fourth-order valence-electron chi connectivity index (χ4n) is 2.48. The number of carboxylic acids is 1. The summed E-state index contributed by atoms with van der Waals surface area (Å²) in [5.41, 5.74) is -1.04. The highest BCUT2D eigenvalue weighted by atomic mass is 16.4. The van der Waals surface area contributed by atoms with Crippen molar-refractivity contribution in [2.24, 2.45) is 5.92 Å². The van der Waals surface area contributed by atoms with E-state index in [0.29, 0.717) is 6.42 Å². The fourth-order valence-corrected chi connectivity index (χ4v) is 2.48. The third-order valence-corrected chi connectivity index (χ3v) is 3.55. The quantitative estimate of drug-likeness (QED) is 0.809. The largest absolute Gasteiger partial charge is 0.478 e. The van der Waals surface area contributed by atoms with Gasteiger partial charge in [-0.05, 0) is 24.8 Å². The Balaban J connectivity index is 2.41. The van der Waals surface area contributed by atoms with Gasteiger partial charge in [0.15, 0.2) is 0 Å². The Morgan fingerprint density at radius 3 is 2.94 bits per heavy atom. The minimum Gasteiger partial charge on any atom is -0.478 e. The first-order valence-corrected chi connectivity index (χ1v) is 5.59. The van der Waals surface area contributed by atoms with Gasteiger partial charge in [-0.15, -0.1) is 0 Å². The summed E-state index contributed by atoms with van der Waals surface area (Å²) < 4.78 is 5.21. The van der Waals surface area contributed by atoms with Crippen LogP contribution in [0.1, 0.15) is 48.7 Å². The molecule has 1 aliphatic rings. The van der Waals surface area contributed by atoms with E-state index in [4.69, 9.17) is 9.52 Å². The topological polar surface area (TPSA) is 70.7 Å². The van der Waals surface area contributed by atoms with Gasteiger partial charge in [-0.25, -0.2) is 4.79 Å². The van der Waals surface area contributed by atoms with Crippen LogP contribution in [-0.4, -0.2) is 16.2 Å². The van der Waals surface area contributed by atoms with Crippen molar-refractivity contribution in [3.8, 4) is 0 Å². The van der Waals surface area contributed by atoms with Gasteiger partial charge in [0, 0.05) is 0 Å². The number of hydrogen-bond donors (Lipinski definition) is 2. The minimum atomic E-state index is -1.12. The highest BCUT2D eigenvalue weighted by molar-refractivity contribution is 5.89. The maximum Gasteiger partial charge on any atom is 0.339 e. The summed E-state index contributed by atoms with van der Waals surface area (Å²) in [5.74, 6) is -0.798. The van der Waals surface area contributed by atoms with E-state index in [1.54, 1.807) is 0 Å². The molecule has 0 saturated heterocycles. The molecule has 2 unspecified atom stereocenters. The molecule has 0 spiro atoms. The van der Waals surface area contributed by atoms with Crippen LogP contribution in [0.25, 0.3) is 0 Å². The van der Waals surface area contributed by atoms with Crippen molar-refractivity contribution >= 4 is 5.97 Å². The molecule has 0 bridgehead atoms. The molecule has 2 rings (SSSR count). The Kier molecular flexibility index (Phi) is 2.76. The van der Waals surface area contributed by atoms with Gasteiger partial charge < -0.3 is 14.6 Å². The van der Waals surface area contributed by atoms with Gasteiger partial charge in [-0.2, -0.15) is 0 Å². The molecule has 88 valence electrons. The van der Waals surface area contributed by atoms with Crippen LogP contribution in [0.5, 0.6) is 0 Å². The number of rotatable bonds is 2. The third-order valence-electron chi connectivity index (χ3n) is 3.55. The third kappa shape index (κ3) is 1.63. The predicted octanol–water partition coefficient (Wildman–Crippen LogP) is 2.38. The molecule has 16 heavy (non-hydrogen) atoms. The Morgan fingerprint density at radius 2 is 2.31 bits per heavy atom. The smallest absolute Gasteiger partial charge is 0.339 e. The van der Waals surface area contributed by atoms with E-state index in [9.17, 15) is 9.90 Å². The number of furan rings is 1. The van der Waals surface area contributed by atoms with E-state index in [0.717, 1.165) is 19.3 Å². The lowest BCUT2D eigenvalue weighted by atomic mass is 9.74. The number of aromatic carboxylic acids is 1. The molecular weight excluding hydrogens is 208 g/mol. The molecule has 0 radical (unpaired) electrons. The van der Waals surface area contributed by atoms with Crippen LogP contribution in [0.15, 0.2) is 16.7 Å². The van der Waals surface area contributed by atoms with Gasteiger partial charge >= 0.3 is 5.97 Å². The second kappa shape index (κ2) is 3.94. The molecule has 4 nitrogen and oxygen atoms in total. The molecule has 0 amide bonds. The van der Waals surface area contributed by atoms with Crippen molar-refractivity contribution in [3.63, 3.8) is 0 Å². The Labute approximate surface area is 93.9 Å². The summed E-state index contributed by atoms with van der Waals surface area (Å²) in [6.07, 6.45) is 4.78. The van der Waals surface area contributed by atoms with Gasteiger partial charge in [0.1, 0.15) is 16.9 Å². The number of hydrogen-bond acceptors (Lipinski definition) is 3. The first-order chi connectivity index (χ1) is 7.55. The van der Waals surface area contributed by atoms with E-state index in [-0.39, 0.29) is 17.2 Å². The van der Waals surface area contributed by atoms with Crippen LogP contribution in [-0.2, 0) is 5.60 Å². The molecule has 1 aliphatic carbocycles. The van der Waals surface area contributed by atoms with Crippen molar-refractivity contribution in [2.45, 2.75) is 38.2 Å². The maximum atomic E-state index is 11.0. The first-order valence-electron chi connectivity index (χ1n) is 5.59. The van der Waals surface area contributed by atoms with E-state index in [2.05, 4.69) is 0 Å². The monoisotopic (exact) mass is 224 g/mol. The van der Waals surface area contributed by atoms with Crippen LogP contribution in [0, 0.1) is 5.92 Å². The second-order valence-electron chi connectivity index (χ2n) is 4.54. The van der Waals surface area contributed by atoms with Gasteiger partial charge in [-0.1, -0.05) is 19.8 Å². The van der Waals surface area contributed by atoms with E-state index in [1.807, 2.05) is 6.92 Å². The van der Waals surface area contributed by atoms with Crippen molar-refractivity contribution in [3.05, 3.63) is 23.7 Å². The number of aliphatic hydroxyl groups is 1. The van der Waals surface area contributed by atoms with Gasteiger partial charge in [0.25, 0.3) is 0 Å². The van der Waals surface area contributed by atoms with Crippen molar-refractivity contribution < 1.29 is 19.4 Å². The summed E-state index contributed by atoms with van der Waals surface area (Å²) in [7, 11) is 0. The number of carboxylic acid groups (broad SMARTS) is 1. The average Bonchev–Trinajstić information content (AvgIpc) is 2.72. The normalized spacial score (nSPS) is 30.2. The molecule has 1 aromatic rings. The molecular formula is C12H16O4. The summed E-state index contributed by atoms with van der Waals surface area (Å²) >= 11 is 0. The zero-order valence-corrected chi connectivity index (χ0v) is 9.27. The molecule has 1 aromatic heterocycles. The van der Waals surface area contributed by atoms with Crippen LogP contribution in [0.3, 0.4) is 0 Å². The molecule has 2 atom stereocenters. The molecule has 1 heterocycles. The summed E-state index contributed by atoms with van der Waals surface area (Å²) in [6, 6.07) is 1.40. The van der Waals surface area contributed by atoms with Crippen molar-refractivity contribution in [2.75, 3.05) is 0 Å².